The third kappa shape index (κ3) is 3.20. The fraction of sp³-hybridized carbons (Fsp3) is 0.364. The summed E-state index contributed by atoms with van der Waals surface area (Å²) in [7, 11) is -2.00. The molecule has 5 nitrogen and oxygen atoms in total. The Bertz CT molecular complexity index is 522. The molecule has 1 aromatic carbocycles. The Morgan fingerprint density at radius 2 is 2.06 bits per heavy atom. The highest BCUT2D eigenvalue weighted by Crippen LogP contribution is 2.21. The summed E-state index contributed by atoms with van der Waals surface area (Å²) in [6.45, 7) is 2.44. The van der Waals surface area contributed by atoms with E-state index in [0.717, 1.165) is 6.26 Å². The number of hydrogen-bond acceptors (Lipinski definition) is 5. The minimum absolute atomic E-state index is 0.168. The fourth-order valence-corrected chi connectivity index (χ4v) is 2.03. The number of ether oxygens (including phenoxy) is 1. The van der Waals surface area contributed by atoms with Gasteiger partial charge in [-0.05, 0) is 25.1 Å². The lowest BCUT2D eigenvalue weighted by Gasteiger charge is -2.10. The van der Waals surface area contributed by atoms with Crippen LogP contribution in [0.2, 0.25) is 0 Å². The third-order valence-corrected chi connectivity index (χ3v) is 3.30. The van der Waals surface area contributed by atoms with Gasteiger partial charge in [0.25, 0.3) is 0 Å². The quantitative estimate of drug-likeness (QED) is 0.823. The van der Waals surface area contributed by atoms with E-state index in [1.807, 2.05) is 6.92 Å². The number of nitrogens with one attached hydrogen (secondary N) is 1. The van der Waals surface area contributed by atoms with Crippen LogP contribution in [-0.2, 0) is 14.6 Å². The van der Waals surface area contributed by atoms with Crippen LogP contribution in [0.5, 0.6) is 0 Å². The van der Waals surface area contributed by atoms with Gasteiger partial charge in [0.15, 0.2) is 9.84 Å². The number of sulfone groups is 1. The first kappa shape index (κ1) is 13.5. The first-order chi connectivity index (χ1) is 7.90. The predicted octanol–water partition coefficient (Wildman–Crippen LogP) is 1.31. The van der Waals surface area contributed by atoms with Crippen molar-refractivity contribution in [3.8, 4) is 0 Å². The number of esters is 1. The maximum atomic E-state index is 11.5. The number of rotatable bonds is 4. The van der Waals surface area contributed by atoms with Gasteiger partial charge in [0.2, 0.25) is 0 Å². The molecule has 0 atom stereocenters. The average molecular weight is 257 g/mol. The fourth-order valence-electron chi connectivity index (χ4n) is 1.38. The normalized spacial score (nSPS) is 11.0. The maximum Gasteiger partial charge on any atom is 0.339 e. The molecule has 0 radical (unpaired) electrons. The molecule has 0 aliphatic rings. The van der Waals surface area contributed by atoms with Gasteiger partial charge in [0, 0.05) is 18.5 Å². The van der Waals surface area contributed by atoms with Gasteiger partial charge >= 0.3 is 5.97 Å². The predicted molar refractivity (Wildman–Crippen MR) is 65.1 cm³/mol. The van der Waals surface area contributed by atoms with Gasteiger partial charge in [-0.1, -0.05) is 0 Å². The van der Waals surface area contributed by atoms with Gasteiger partial charge in [-0.2, -0.15) is 0 Å². The zero-order valence-corrected chi connectivity index (χ0v) is 10.8. The van der Waals surface area contributed by atoms with Gasteiger partial charge in [-0.3, -0.25) is 0 Å². The SMILES string of the molecule is CCNc1cc(S(C)(=O)=O)ccc1C(=O)OC. The molecular weight excluding hydrogens is 242 g/mol. The molecule has 1 N–H and O–H groups in total. The largest absolute Gasteiger partial charge is 0.465 e. The van der Waals surface area contributed by atoms with E-state index in [0.29, 0.717) is 17.8 Å². The lowest BCUT2D eigenvalue weighted by Crippen LogP contribution is -2.09. The highest BCUT2D eigenvalue weighted by Gasteiger charge is 2.15. The van der Waals surface area contributed by atoms with Crippen LogP contribution in [0, 0.1) is 0 Å². The standard InChI is InChI=1S/C11H15NO4S/c1-4-12-10-7-8(17(3,14)15)5-6-9(10)11(13)16-2/h5-7,12H,4H2,1-3H3. The van der Waals surface area contributed by atoms with E-state index in [1.54, 1.807) is 0 Å². The molecule has 0 saturated heterocycles. The topological polar surface area (TPSA) is 72.5 Å². The van der Waals surface area contributed by atoms with E-state index in [-0.39, 0.29) is 4.90 Å². The summed E-state index contributed by atoms with van der Waals surface area (Å²) in [5, 5.41) is 2.94. The highest BCUT2D eigenvalue weighted by atomic mass is 32.2. The van der Waals surface area contributed by atoms with Gasteiger partial charge in [-0.25, -0.2) is 13.2 Å². The molecule has 0 amide bonds. The van der Waals surface area contributed by atoms with Crippen LogP contribution in [0.1, 0.15) is 17.3 Å². The van der Waals surface area contributed by atoms with Crippen LogP contribution in [0.15, 0.2) is 23.1 Å². The molecule has 0 heterocycles. The van der Waals surface area contributed by atoms with Crippen molar-refractivity contribution in [2.45, 2.75) is 11.8 Å². The smallest absolute Gasteiger partial charge is 0.339 e. The summed E-state index contributed by atoms with van der Waals surface area (Å²) in [4.78, 5) is 11.6. The molecule has 0 saturated carbocycles. The van der Waals surface area contributed by atoms with Crippen LogP contribution in [0.25, 0.3) is 0 Å². The molecule has 1 rings (SSSR count). The molecule has 0 fully saturated rings. The maximum absolute atomic E-state index is 11.5. The van der Waals surface area contributed by atoms with Crippen molar-refractivity contribution < 1.29 is 17.9 Å². The summed E-state index contributed by atoms with van der Waals surface area (Å²) >= 11 is 0. The average Bonchev–Trinajstić information content (AvgIpc) is 2.27. The van der Waals surface area contributed by atoms with E-state index >= 15 is 0 Å². The second-order valence-corrected chi connectivity index (χ2v) is 5.52. The van der Waals surface area contributed by atoms with Crippen LogP contribution >= 0.6 is 0 Å². The molecule has 0 bridgehead atoms. The molecule has 0 aliphatic carbocycles. The Morgan fingerprint density at radius 1 is 1.41 bits per heavy atom. The van der Waals surface area contributed by atoms with Gasteiger partial charge in [0.1, 0.15) is 0 Å². The van der Waals surface area contributed by atoms with Crippen molar-refractivity contribution in [3.05, 3.63) is 23.8 Å². The minimum Gasteiger partial charge on any atom is -0.465 e. The summed E-state index contributed by atoms with van der Waals surface area (Å²) in [5.41, 5.74) is 0.782. The van der Waals surface area contributed by atoms with Crippen LogP contribution < -0.4 is 5.32 Å². The van der Waals surface area contributed by atoms with Crippen LogP contribution in [0.3, 0.4) is 0 Å². The zero-order valence-electron chi connectivity index (χ0n) is 9.98. The van der Waals surface area contributed by atoms with E-state index in [1.165, 1.54) is 25.3 Å². The Balaban J connectivity index is 3.31. The molecular formula is C11H15NO4S. The summed E-state index contributed by atoms with van der Waals surface area (Å²) in [6.07, 6.45) is 1.12. The van der Waals surface area contributed by atoms with E-state index in [2.05, 4.69) is 10.1 Å². The molecule has 17 heavy (non-hydrogen) atoms. The number of methoxy groups -OCH3 is 1. The third-order valence-electron chi connectivity index (χ3n) is 2.19. The van der Waals surface area contributed by atoms with Crippen molar-refractivity contribution in [1.29, 1.82) is 0 Å². The van der Waals surface area contributed by atoms with Crippen molar-refractivity contribution >= 4 is 21.5 Å². The molecule has 94 valence electrons. The second kappa shape index (κ2) is 5.18. The van der Waals surface area contributed by atoms with Crippen molar-refractivity contribution in [3.63, 3.8) is 0 Å². The van der Waals surface area contributed by atoms with E-state index in [9.17, 15) is 13.2 Å². The van der Waals surface area contributed by atoms with Crippen molar-refractivity contribution in [2.24, 2.45) is 0 Å². The van der Waals surface area contributed by atoms with E-state index in [4.69, 9.17) is 0 Å². The number of benzene rings is 1. The van der Waals surface area contributed by atoms with Gasteiger partial charge in [-0.15, -0.1) is 0 Å². The summed E-state index contributed by atoms with van der Waals surface area (Å²) in [6, 6.07) is 4.27. The number of hydrogen-bond donors (Lipinski definition) is 1. The van der Waals surface area contributed by atoms with Crippen molar-refractivity contribution in [2.75, 3.05) is 25.2 Å². The minimum atomic E-state index is -3.28. The van der Waals surface area contributed by atoms with Gasteiger partial charge < -0.3 is 10.1 Å². The number of anilines is 1. The lowest BCUT2D eigenvalue weighted by molar-refractivity contribution is 0.0601. The van der Waals surface area contributed by atoms with E-state index < -0.39 is 15.8 Å². The van der Waals surface area contributed by atoms with Gasteiger partial charge in [0.05, 0.1) is 17.6 Å². The van der Waals surface area contributed by atoms with Crippen LogP contribution in [0.4, 0.5) is 5.69 Å². The Labute approximate surface area is 101 Å². The second-order valence-electron chi connectivity index (χ2n) is 3.50. The molecule has 6 heteroatoms. The summed E-state index contributed by atoms with van der Waals surface area (Å²) in [5.74, 6) is -0.499. The molecule has 0 aliphatic heterocycles. The molecule has 1 aromatic rings. The Kier molecular flexibility index (Phi) is 4.11. The molecule has 0 aromatic heterocycles. The first-order valence-electron chi connectivity index (χ1n) is 5.06. The Morgan fingerprint density at radius 3 is 2.53 bits per heavy atom. The number of carbonyl (C=O) groups excluding carboxylic acids is 1. The molecule has 0 unspecified atom stereocenters. The van der Waals surface area contributed by atoms with Crippen molar-refractivity contribution in [1.82, 2.24) is 0 Å². The monoisotopic (exact) mass is 257 g/mol. The summed E-state index contributed by atoms with van der Waals surface area (Å²) < 4.78 is 27.4. The van der Waals surface area contributed by atoms with Crippen LogP contribution in [-0.4, -0.2) is 34.3 Å². The Hall–Kier alpha value is -1.56. The highest BCUT2D eigenvalue weighted by molar-refractivity contribution is 7.90. The molecule has 0 spiro atoms. The lowest BCUT2D eigenvalue weighted by atomic mass is 10.2. The first-order valence-corrected chi connectivity index (χ1v) is 6.95. The number of carbonyl (C=O) groups is 1. The zero-order chi connectivity index (χ0) is 13.1.